The number of nitriles is 4. The van der Waals surface area contributed by atoms with E-state index in [0.717, 1.165) is 36.1 Å². The Hall–Kier alpha value is -7.39. The topological polar surface area (TPSA) is 145 Å². The summed E-state index contributed by atoms with van der Waals surface area (Å²) in [5.74, 6) is -0.838. The average Bonchev–Trinajstić information content (AvgIpc) is 3.32. The summed E-state index contributed by atoms with van der Waals surface area (Å²) >= 11 is 0. The Morgan fingerprint density at radius 1 is 0.742 bits per heavy atom. The van der Waals surface area contributed by atoms with Gasteiger partial charge in [-0.15, -0.1) is 0 Å². The number of nitrogens with zero attached hydrogens (tertiary/aromatic N) is 6. The zero-order chi connectivity index (χ0) is 43.8. The van der Waals surface area contributed by atoms with Crippen LogP contribution in [-0.2, 0) is 49.3 Å². The van der Waals surface area contributed by atoms with Crippen LogP contribution in [0.5, 0.6) is 5.75 Å². The summed E-state index contributed by atoms with van der Waals surface area (Å²) in [7, 11) is 0. The second kappa shape index (κ2) is 26.7. The molecule has 6 aromatic rings. The first kappa shape index (κ1) is 49.0. The molecule has 0 saturated carbocycles. The van der Waals surface area contributed by atoms with Gasteiger partial charge in [-0.2, -0.15) is 61.3 Å². The van der Waals surface area contributed by atoms with Gasteiger partial charge in [0.15, 0.2) is 0 Å². The maximum Gasteiger partial charge on any atom is 0.317 e. The Labute approximate surface area is 377 Å². The molecular weight excluding hydrogens is 870 g/mol. The predicted molar refractivity (Wildman–Crippen MR) is 234 cm³/mol. The van der Waals surface area contributed by atoms with Gasteiger partial charge in [-0.1, -0.05) is 98.3 Å². The molecule has 9 nitrogen and oxygen atoms in total. The maximum absolute atomic E-state index is 14.4. The summed E-state index contributed by atoms with van der Waals surface area (Å²) in [5, 5.41) is 35.3. The summed E-state index contributed by atoms with van der Waals surface area (Å²) in [6.45, 7) is 4.03. The van der Waals surface area contributed by atoms with E-state index in [0.29, 0.717) is 35.5 Å². The molecule has 1 atom stereocenters. The number of anilines is 3. The van der Waals surface area contributed by atoms with Gasteiger partial charge >= 0.3 is 12.3 Å². The molecule has 0 spiro atoms. The second-order valence-electron chi connectivity index (χ2n) is 13.2. The third-order valence-electron chi connectivity index (χ3n) is 9.24. The van der Waals surface area contributed by atoms with Crippen molar-refractivity contribution in [1.29, 1.82) is 21.0 Å². The normalized spacial score (nSPS) is 11.0. The van der Waals surface area contributed by atoms with Crippen LogP contribution in [0.1, 0.15) is 60.1 Å². The van der Waals surface area contributed by atoms with E-state index in [-0.39, 0.29) is 44.1 Å². The standard InChI is InChI=1S/C23H17N3O.C18H15FN2O2.C8H9.C2H3N.Pd/c24-16-19-10-4-6-12-21(19)26(22-13-7-5-11-20(22)17-25)23(27)15-14-18-8-2-1-3-9-18;19-17(23-16-10-4-2-7-14(16)12-20)18(22)21-11-5-8-13-6-1-3-9-15(13)21;1-2-8-6-4-3-5-7-8;1-2-3;/h1-13H,14-15H2;1-4,6-7,9-10,17H,5,8,11H2;3-4,6-7H,2H2,1H3;1H3;/q;;-1;;. The molecule has 0 aliphatic carbocycles. The number of alkyl halides is 1. The van der Waals surface area contributed by atoms with Gasteiger partial charge in [-0.25, -0.2) is 0 Å². The molecule has 0 fully saturated rings. The van der Waals surface area contributed by atoms with E-state index in [2.05, 4.69) is 31.2 Å². The monoisotopic (exact) mass is 913 g/mol. The molecule has 0 aromatic heterocycles. The van der Waals surface area contributed by atoms with Crippen molar-refractivity contribution in [1.82, 2.24) is 0 Å². The van der Waals surface area contributed by atoms with Crippen LogP contribution in [0.15, 0.2) is 152 Å². The SMILES string of the molecule is CC#N.CCc1c[c-]ccc1.N#Cc1ccccc1N(C(=O)CCc1ccccc1)c1ccccc1C#N.N#Cc1ccccc1OC(F)C(=O)N1CCCc2ccccc21.[Pd]. The largest absolute Gasteiger partial charge is 0.450 e. The molecule has 1 aliphatic rings. The molecular formula is C51H44FN6O3Pd-. The van der Waals surface area contributed by atoms with Crippen molar-refractivity contribution in [3.63, 3.8) is 0 Å². The van der Waals surface area contributed by atoms with Gasteiger partial charge in [0.2, 0.25) is 5.91 Å². The minimum Gasteiger partial charge on any atom is -0.450 e. The molecule has 0 N–H and O–H groups in total. The number of carbonyl (C=O) groups excluding carboxylic acids is 2. The quantitative estimate of drug-likeness (QED) is 0.104. The number of halogens is 1. The number of ether oxygens (including phenoxy) is 1. The van der Waals surface area contributed by atoms with Gasteiger partial charge in [0.1, 0.15) is 24.0 Å². The van der Waals surface area contributed by atoms with Crippen LogP contribution >= 0.6 is 0 Å². The first-order valence-electron chi connectivity index (χ1n) is 19.6. The van der Waals surface area contributed by atoms with Crippen molar-refractivity contribution in [3.8, 4) is 30.0 Å². The predicted octanol–water partition coefficient (Wildman–Crippen LogP) is 10.5. The van der Waals surface area contributed by atoms with Gasteiger partial charge in [0, 0.05) is 46.0 Å². The summed E-state index contributed by atoms with van der Waals surface area (Å²) in [5.41, 5.74) is 6.11. The van der Waals surface area contributed by atoms with E-state index in [9.17, 15) is 24.5 Å². The van der Waals surface area contributed by atoms with Crippen LogP contribution in [0, 0.1) is 51.4 Å². The Kier molecular flexibility index (Phi) is 21.1. The molecule has 0 bridgehead atoms. The Morgan fingerprint density at radius 3 is 1.84 bits per heavy atom. The summed E-state index contributed by atoms with van der Waals surface area (Å²) in [6, 6.07) is 56.4. The summed E-state index contributed by atoms with van der Waals surface area (Å²) in [6.07, 6.45) is 1.47. The fourth-order valence-electron chi connectivity index (χ4n) is 6.29. The minimum atomic E-state index is -2.14. The number of hydrogen-bond donors (Lipinski definition) is 0. The van der Waals surface area contributed by atoms with Gasteiger partial charge in [0.25, 0.3) is 0 Å². The van der Waals surface area contributed by atoms with Crippen LogP contribution < -0.4 is 14.5 Å². The van der Waals surface area contributed by atoms with E-state index >= 15 is 0 Å². The van der Waals surface area contributed by atoms with Crippen LogP contribution in [0.25, 0.3) is 0 Å². The van der Waals surface area contributed by atoms with Crippen molar-refractivity contribution in [2.75, 3.05) is 16.3 Å². The second-order valence-corrected chi connectivity index (χ2v) is 13.2. The molecule has 1 heterocycles. The molecule has 2 amide bonds. The van der Waals surface area contributed by atoms with E-state index in [1.807, 2.05) is 78.9 Å². The van der Waals surface area contributed by atoms with Gasteiger partial charge in [-0.3, -0.25) is 14.5 Å². The molecule has 0 radical (unpaired) electrons. The van der Waals surface area contributed by atoms with Crippen LogP contribution in [0.3, 0.4) is 0 Å². The molecule has 314 valence electrons. The van der Waals surface area contributed by atoms with E-state index in [4.69, 9.17) is 15.3 Å². The van der Waals surface area contributed by atoms with E-state index in [1.54, 1.807) is 66.7 Å². The molecule has 7 rings (SSSR count). The van der Waals surface area contributed by atoms with Crippen molar-refractivity contribution in [2.24, 2.45) is 0 Å². The van der Waals surface area contributed by atoms with Crippen molar-refractivity contribution in [2.45, 2.75) is 52.3 Å². The zero-order valence-corrected chi connectivity index (χ0v) is 35.9. The van der Waals surface area contributed by atoms with Crippen LogP contribution in [-0.4, -0.2) is 24.7 Å². The van der Waals surface area contributed by atoms with Gasteiger partial charge in [-0.05, 0) is 72.9 Å². The Bertz CT molecular complexity index is 2470. The molecule has 0 saturated heterocycles. The van der Waals surface area contributed by atoms with E-state index in [1.165, 1.54) is 34.4 Å². The Balaban J connectivity index is 0.000000264. The third kappa shape index (κ3) is 14.1. The number of benzene rings is 6. The number of carbonyl (C=O) groups is 2. The maximum atomic E-state index is 14.4. The van der Waals surface area contributed by atoms with Crippen LogP contribution in [0.4, 0.5) is 21.5 Å². The average molecular weight is 914 g/mol. The Morgan fingerprint density at radius 2 is 1.27 bits per heavy atom. The zero-order valence-electron chi connectivity index (χ0n) is 34.4. The van der Waals surface area contributed by atoms with Crippen molar-refractivity contribution >= 4 is 28.9 Å². The molecule has 62 heavy (non-hydrogen) atoms. The van der Waals surface area contributed by atoms with Crippen molar-refractivity contribution in [3.05, 3.63) is 191 Å². The van der Waals surface area contributed by atoms with Crippen LogP contribution in [0.2, 0.25) is 0 Å². The minimum absolute atomic E-state index is 0. The number of amides is 2. The molecule has 6 aromatic carbocycles. The number of hydrogen-bond acceptors (Lipinski definition) is 7. The number of fused-ring (bicyclic) bond motifs is 1. The fraction of sp³-hybridized carbons (Fsp3) is 0.176. The third-order valence-corrected chi connectivity index (χ3v) is 9.24. The first-order valence-corrected chi connectivity index (χ1v) is 19.6. The number of para-hydroxylation sites is 4. The van der Waals surface area contributed by atoms with Gasteiger partial charge in [0.05, 0.1) is 34.1 Å². The molecule has 1 unspecified atom stereocenters. The smallest absolute Gasteiger partial charge is 0.317 e. The number of rotatable bonds is 9. The van der Waals surface area contributed by atoms with Crippen molar-refractivity contribution < 1.29 is 39.1 Å². The number of aryl methyl sites for hydroxylation is 3. The van der Waals surface area contributed by atoms with E-state index < -0.39 is 12.3 Å². The van der Waals surface area contributed by atoms with Gasteiger partial charge < -0.3 is 9.64 Å². The molecule has 1 aliphatic heterocycles. The fourth-order valence-corrected chi connectivity index (χ4v) is 6.29. The molecule has 11 heteroatoms. The summed E-state index contributed by atoms with van der Waals surface area (Å²) < 4.78 is 19.4. The first-order chi connectivity index (χ1) is 29.8. The summed E-state index contributed by atoms with van der Waals surface area (Å²) in [4.78, 5) is 28.5.